The highest BCUT2D eigenvalue weighted by Gasteiger charge is 2.32. The number of hydrogen-bond acceptors (Lipinski definition) is 3. The number of aromatic nitrogens is 1. The van der Waals surface area contributed by atoms with Gasteiger partial charge in [-0.3, -0.25) is 0 Å². The molecule has 1 heterocycles. The fraction of sp³-hybridized carbons (Fsp3) is 0.571. The summed E-state index contributed by atoms with van der Waals surface area (Å²) in [6, 6.07) is 1.33. The van der Waals surface area contributed by atoms with Crippen molar-refractivity contribution in [3.8, 4) is 0 Å². The summed E-state index contributed by atoms with van der Waals surface area (Å²) in [7, 11) is 0. The number of carbonyl (C=O) groups is 1. The number of hydrogen-bond donors (Lipinski definition) is 3. The second kappa shape index (κ2) is 6.95. The number of carbonyl (C=O) groups excluding carboxylic acids is 1. The van der Waals surface area contributed by atoms with Gasteiger partial charge in [0, 0.05) is 18.6 Å². The molecule has 1 saturated carbocycles. The van der Waals surface area contributed by atoms with E-state index < -0.39 is 17.9 Å². The van der Waals surface area contributed by atoms with Crippen LogP contribution in [0.3, 0.4) is 0 Å². The van der Waals surface area contributed by atoms with Gasteiger partial charge in [-0.05, 0) is 25.0 Å². The third kappa shape index (κ3) is 4.33. The maximum Gasteiger partial charge on any atom is 0.433 e. The fourth-order valence-corrected chi connectivity index (χ4v) is 2.59. The van der Waals surface area contributed by atoms with Crippen LogP contribution in [-0.2, 0) is 6.18 Å². The second-order valence-electron chi connectivity index (χ2n) is 5.36. The normalized spacial score (nSPS) is 22.2. The fourth-order valence-electron chi connectivity index (χ4n) is 2.59. The SMILES string of the molecule is O=C(Nc1ccc(C(F)(F)F)nc1)NC1CCCCC1CO. The average molecular weight is 317 g/mol. The van der Waals surface area contributed by atoms with Gasteiger partial charge in [0.2, 0.25) is 0 Å². The van der Waals surface area contributed by atoms with E-state index in [1.165, 1.54) is 0 Å². The molecule has 22 heavy (non-hydrogen) atoms. The van der Waals surface area contributed by atoms with Crippen molar-refractivity contribution in [2.24, 2.45) is 5.92 Å². The minimum absolute atomic E-state index is 0.00673. The van der Waals surface area contributed by atoms with Crippen molar-refractivity contribution in [2.45, 2.75) is 37.9 Å². The number of alkyl halides is 3. The molecule has 1 aliphatic carbocycles. The summed E-state index contributed by atoms with van der Waals surface area (Å²) >= 11 is 0. The number of aliphatic hydroxyl groups excluding tert-OH is 1. The molecular weight excluding hydrogens is 299 g/mol. The maximum absolute atomic E-state index is 12.4. The molecule has 0 bridgehead atoms. The van der Waals surface area contributed by atoms with Gasteiger partial charge >= 0.3 is 12.2 Å². The first kappa shape index (κ1) is 16.5. The number of halogens is 3. The predicted octanol–water partition coefficient (Wildman–Crippen LogP) is 2.77. The molecule has 2 rings (SSSR count). The van der Waals surface area contributed by atoms with Gasteiger partial charge in [0.25, 0.3) is 0 Å². The first-order valence-electron chi connectivity index (χ1n) is 7.12. The second-order valence-corrected chi connectivity index (χ2v) is 5.36. The van der Waals surface area contributed by atoms with E-state index in [-0.39, 0.29) is 24.3 Å². The van der Waals surface area contributed by atoms with E-state index in [4.69, 9.17) is 0 Å². The van der Waals surface area contributed by atoms with E-state index in [1.54, 1.807) is 0 Å². The lowest BCUT2D eigenvalue weighted by molar-refractivity contribution is -0.141. The van der Waals surface area contributed by atoms with E-state index in [2.05, 4.69) is 15.6 Å². The summed E-state index contributed by atoms with van der Waals surface area (Å²) in [5, 5.41) is 14.5. The van der Waals surface area contributed by atoms with Crippen molar-refractivity contribution >= 4 is 11.7 Å². The zero-order valence-electron chi connectivity index (χ0n) is 11.9. The Kier molecular flexibility index (Phi) is 5.23. The monoisotopic (exact) mass is 317 g/mol. The third-order valence-corrected chi connectivity index (χ3v) is 3.77. The Morgan fingerprint density at radius 1 is 1.32 bits per heavy atom. The average Bonchev–Trinajstić information content (AvgIpc) is 2.47. The first-order valence-corrected chi connectivity index (χ1v) is 7.12. The molecule has 8 heteroatoms. The number of nitrogens with zero attached hydrogens (tertiary/aromatic N) is 1. The van der Waals surface area contributed by atoms with E-state index in [0.29, 0.717) is 0 Å². The Labute approximate surface area is 125 Å². The number of urea groups is 1. The molecule has 2 unspecified atom stereocenters. The summed E-state index contributed by atoms with van der Waals surface area (Å²) in [6.45, 7) is 0.00673. The quantitative estimate of drug-likeness (QED) is 0.802. The van der Waals surface area contributed by atoms with Crippen molar-refractivity contribution in [1.29, 1.82) is 0 Å². The van der Waals surface area contributed by atoms with Crippen LogP contribution < -0.4 is 10.6 Å². The highest BCUT2D eigenvalue weighted by molar-refractivity contribution is 5.89. The standard InChI is InChI=1S/C14H18F3N3O2/c15-14(16,17)12-6-5-10(7-18-12)19-13(22)20-11-4-2-1-3-9(11)8-21/h5-7,9,11,21H,1-4,8H2,(H2,19,20,22). The summed E-state index contributed by atoms with van der Waals surface area (Å²) in [4.78, 5) is 15.1. The van der Waals surface area contributed by atoms with Crippen LogP contribution in [0.15, 0.2) is 18.3 Å². The summed E-state index contributed by atoms with van der Waals surface area (Å²) in [5.41, 5.74) is -0.826. The number of amides is 2. The van der Waals surface area contributed by atoms with Crippen LogP contribution in [0.4, 0.5) is 23.7 Å². The van der Waals surface area contributed by atoms with Gasteiger partial charge in [0.05, 0.1) is 11.9 Å². The molecule has 1 aliphatic rings. The summed E-state index contributed by atoms with van der Waals surface area (Å²) in [6.07, 6.45) is 0.0916. The van der Waals surface area contributed by atoms with Crippen LogP contribution in [0.2, 0.25) is 0 Å². The molecule has 0 saturated heterocycles. The lowest BCUT2D eigenvalue weighted by Crippen LogP contribution is -2.45. The molecule has 0 aliphatic heterocycles. The van der Waals surface area contributed by atoms with Gasteiger partial charge in [-0.2, -0.15) is 13.2 Å². The van der Waals surface area contributed by atoms with E-state index in [9.17, 15) is 23.1 Å². The van der Waals surface area contributed by atoms with Crippen molar-refractivity contribution in [2.75, 3.05) is 11.9 Å². The van der Waals surface area contributed by atoms with Crippen LogP contribution in [0.1, 0.15) is 31.4 Å². The number of rotatable bonds is 3. The molecule has 1 aromatic rings. The molecular formula is C14H18F3N3O2. The predicted molar refractivity (Wildman–Crippen MR) is 74.2 cm³/mol. The molecule has 1 fully saturated rings. The Morgan fingerprint density at radius 2 is 2.05 bits per heavy atom. The molecule has 3 N–H and O–H groups in total. The van der Waals surface area contributed by atoms with Crippen LogP contribution >= 0.6 is 0 Å². The third-order valence-electron chi connectivity index (χ3n) is 3.77. The topological polar surface area (TPSA) is 74.2 Å². The zero-order valence-corrected chi connectivity index (χ0v) is 11.9. The van der Waals surface area contributed by atoms with Crippen LogP contribution in [-0.4, -0.2) is 28.8 Å². The number of pyridine rings is 1. The van der Waals surface area contributed by atoms with E-state index in [0.717, 1.165) is 44.0 Å². The molecule has 0 radical (unpaired) electrons. The van der Waals surface area contributed by atoms with Gasteiger partial charge < -0.3 is 15.7 Å². The van der Waals surface area contributed by atoms with Crippen molar-refractivity contribution in [3.63, 3.8) is 0 Å². The van der Waals surface area contributed by atoms with Crippen LogP contribution in [0, 0.1) is 5.92 Å². The Morgan fingerprint density at radius 3 is 2.64 bits per heavy atom. The minimum Gasteiger partial charge on any atom is -0.396 e. The Bertz CT molecular complexity index is 505. The van der Waals surface area contributed by atoms with Gasteiger partial charge in [-0.25, -0.2) is 9.78 Å². The highest BCUT2D eigenvalue weighted by atomic mass is 19.4. The van der Waals surface area contributed by atoms with Gasteiger partial charge in [0.15, 0.2) is 0 Å². The molecule has 5 nitrogen and oxygen atoms in total. The Hall–Kier alpha value is -1.83. The van der Waals surface area contributed by atoms with Crippen molar-refractivity contribution in [3.05, 3.63) is 24.0 Å². The van der Waals surface area contributed by atoms with Crippen molar-refractivity contribution < 1.29 is 23.1 Å². The van der Waals surface area contributed by atoms with Gasteiger partial charge in [-0.1, -0.05) is 12.8 Å². The number of aliphatic hydroxyl groups is 1. The van der Waals surface area contributed by atoms with Crippen LogP contribution in [0.25, 0.3) is 0 Å². The number of nitrogens with one attached hydrogen (secondary N) is 2. The zero-order chi connectivity index (χ0) is 16.2. The maximum atomic E-state index is 12.4. The molecule has 1 aromatic heterocycles. The molecule has 2 amide bonds. The molecule has 0 aromatic carbocycles. The van der Waals surface area contributed by atoms with E-state index >= 15 is 0 Å². The Balaban J connectivity index is 1.91. The molecule has 2 atom stereocenters. The van der Waals surface area contributed by atoms with Gasteiger partial charge in [-0.15, -0.1) is 0 Å². The smallest absolute Gasteiger partial charge is 0.396 e. The highest BCUT2D eigenvalue weighted by Crippen LogP contribution is 2.28. The largest absolute Gasteiger partial charge is 0.433 e. The lowest BCUT2D eigenvalue weighted by atomic mass is 9.85. The minimum atomic E-state index is -4.50. The van der Waals surface area contributed by atoms with Crippen LogP contribution in [0.5, 0.6) is 0 Å². The van der Waals surface area contributed by atoms with Crippen molar-refractivity contribution in [1.82, 2.24) is 10.3 Å². The van der Waals surface area contributed by atoms with E-state index in [1.807, 2.05) is 0 Å². The molecule has 122 valence electrons. The summed E-state index contributed by atoms with van der Waals surface area (Å²) < 4.78 is 37.2. The first-order chi connectivity index (χ1) is 10.4. The van der Waals surface area contributed by atoms with Gasteiger partial charge in [0.1, 0.15) is 5.69 Å². The summed E-state index contributed by atoms with van der Waals surface area (Å²) in [5.74, 6) is 0.0187. The molecule has 0 spiro atoms. The lowest BCUT2D eigenvalue weighted by Gasteiger charge is -2.30. The number of anilines is 1.